The Kier molecular flexibility index (Phi) is 7.32. The first-order chi connectivity index (χ1) is 13.1. The van der Waals surface area contributed by atoms with E-state index in [0.29, 0.717) is 39.4 Å². The third kappa shape index (κ3) is 5.33. The Balaban J connectivity index is 1.40. The predicted molar refractivity (Wildman–Crippen MR) is 101 cm³/mol. The normalized spacial score (nSPS) is 25.0. The number of carbonyl (C=O) groups excluding carboxylic acids is 2. The van der Waals surface area contributed by atoms with Gasteiger partial charge >= 0.3 is 0 Å². The number of hydrogen-bond acceptors (Lipinski definition) is 8. The fourth-order valence-corrected chi connectivity index (χ4v) is 4.72. The molecule has 10 heteroatoms. The van der Waals surface area contributed by atoms with Gasteiger partial charge in [0.1, 0.15) is 0 Å². The van der Waals surface area contributed by atoms with Crippen molar-refractivity contribution in [1.29, 1.82) is 5.26 Å². The molecule has 27 heavy (non-hydrogen) atoms. The molecule has 150 valence electrons. The fraction of sp³-hybridized carbons (Fsp3) is 0.824. The van der Waals surface area contributed by atoms with Crippen LogP contribution in [0.2, 0.25) is 0 Å². The van der Waals surface area contributed by atoms with Gasteiger partial charge in [0, 0.05) is 44.5 Å². The summed E-state index contributed by atoms with van der Waals surface area (Å²) < 4.78 is 5.29. The average Bonchev–Trinajstić information content (AvgIpc) is 3.18. The fourth-order valence-electron chi connectivity index (χ4n) is 3.72. The summed E-state index contributed by atoms with van der Waals surface area (Å²) in [6.07, 6.45) is 1.66. The van der Waals surface area contributed by atoms with Crippen molar-refractivity contribution in [3.63, 3.8) is 0 Å². The van der Waals surface area contributed by atoms with Crippen molar-refractivity contribution in [2.45, 2.75) is 24.3 Å². The largest absolute Gasteiger partial charge is 0.378 e. The molecule has 0 aromatic heterocycles. The number of nitrogens with zero attached hydrogens (tertiary/aromatic N) is 5. The highest BCUT2D eigenvalue weighted by molar-refractivity contribution is 8.00. The molecule has 2 amide bonds. The lowest BCUT2D eigenvalue weighted by atomic mass is 10.0. The number of thioether (sulfide) groups is 1. The van der Waals surface area contributed by atoms with Gasteiger partial charge in [-0.1, -0.05) is 0 Å². The van der Waals surface area contributed by atoms with E-state index in [2.05, 4.69) is 11.0 Å². The van der Waals surface area contributed by atoms with Gasteiger partial charge < -0.3 is 14.5 Å². The van der Waals surface area contributed by atoms with E-state index in [9.17, 15) is 9.59 Å². The number of piperidine rings is 1. The highest BCUT2D eigenvalue weighted by Gasteiger charge is 2.32. The molecule has 3 saturated heterocycles. The van der Waals surface area contributed by atoms with E-state index < -0.39 is 0 Å². The van der Waals surface area contributed by atoms with E-state index in [4.69, 9.17) is 15.8 Å². The van der Waals surface area contributed by atoms with E-state index in [-0.39, 0.29) is 29.8 Å². The smallest absolute Gasteiger partial charge is 0.239 e. The lowest BCUT2D eigenvalue weighted by molar-refractivity contribution is -0.136. The number of carbonyl (C=O) groups is 2. The van der Waals surface area contributed by atoms with Crippen LogP contribution in [0.25, 0.3) is 0 Å². The van der Waals surface area contributed by atoms with Crippen molar-refractivity contribution >= 4 is 23.6 Å². The van der Waals surface area contributed by atoms with Crippen LogP contribution >= 0.6 is 11.8 Å². The summed E-state index contributed by atoms with van der Waals surface area (Å²) >= 11 is 1.49. The molecule has 0 bridgehead atoms. The summed E-state index contributed by atoms with van der Waals surface area (Å²) in [5.41, 5.74) is 0. The van der Waals surface area contributed by atoms with Gasteiger partial charge in [-0.25, -0.2) is 5.01 Å². The Hall–Kier alpha value is -1.38. The third-order valence-electron chi connectivity index (χ3n) is 5.39. The molecule has 3 rings (SSSR count). The zero-order valence-corrected chi connectivity index (χ0v) is 16.4. The minimum atomic E-state index is -0.390. The molecule has 3 aliphatic heterocycles. The summed E-state index contributed by atoms with van der Waals surface area (Å²) in [5.74, 6) is 7.03. The molecular formula is C17H28N6O3S. The quantitative estimate of drug-likeness (QED) is 0.462. The molecule has 0 aromatic rings. The van der Waals surface area contributed by atoms with E-state index in [1.165, 1.54) is 11.8 Å². The first-order valence-electron chi connectivity index (χ1n) is 9.48. The Morgan fingerprint density at radius 3 is 2.52 bits per heavy atom. The molecule has 0 aliphatic carbocycles. The van der Waals surface area contributed by atoms with Crippen molar-refractivity contribution in [3.8, 4) is 6.07 Å². The number of hydrazine groups is 1. The molecule has 0 saturated carbocycles. The molecule has 3 heterocycles. The molecule has 0 spiro atoms. The number of nitrogens with two attached hydrogens (primary N) is 1. The summed E-state index contributed by atoms with van der Waals surface area (Å²) in [4.78, 5) is 30.4. The van der Waals surface area contributed by atoms with Crippen molar-refractivity contribution in [3.05, 3.63) is 0 Å². The predicted octanol–water partition coefficient (Wildman–Crippen LogP) is -1.09. The molecular weight excluding hydrogens is 368 g/mol. The number of ether oxygens (including phenoxy) is 1. The number of rotatable bonds is 5. The Morgan fingerprint density at radius 1 is 1.15 bits per heavy atom. The number of nitriles is 1. The summed E-state index contributed by atoms with van der Waals surface area (Å²) in [5, 5.41) is 10.3. The van der Waals surface area contributed by atoms with Gasteiger partial charge in [-0.15, -0.1) is 11.8 Å². The Bertz CT molecular complexity index is 572. The molecule has 3 fully saturated rings. The molecule has 1 unspecified atom stereocenters. The van der Waals surface area contributed by atoms with Crippen molar-refractivity contribution in [2.75, 3.05) is 64.8 Å². The second-order valence-corrected chi connectivity index (χ2v) is 8.30. The number of amides is 2. The topological polar surface area (TPSA) is 106 Å². The molecule has 0 aromatic carbocycles. The summed E-state index contributed by atoms with van der Waals surface area (Å²) in [6.45, 7) is 5.35. The lowest BCUT2D eigenvalue weighted by Gasteiger charge is -2.37. The zero-order valence-electron chi connectivity index (χ0n) is 15.6. The standard InChI is InChI=1S/C17H28N6O3S/c18-11-17-22(7-10-27-17)16(25)13-23(19)14-1-3-20(4-2-14)12-15(24)21-5-8-26-9-6-21/h14,17H,1-10,12-13,19H2. The number of morpholine rings is 1. The van der Waals surface area contributed by atoms with Crippen molar-refractivity contribution in [2.24, 2.45) is 5.84 Å². The average molecular weight is 397 g/mol. The van der Waals surface area contributed by atoms with Crippen LogP contribution in [0.5, 0.6) is 0 Å². The van der Waals surface area contributed by atoms with Crippen LogP contribution in [0.4, 0.5) is 0 Å². The van der Waals surface area contributed by atoms with E-state index in [1.54, 1.807) is 9.91 Å². The second-order valence-electron chi connectivity index (χ2n) is 7.11. The Morgan fingerprint density at radius 2 is 1.85 bits per heavy atom. The third-order valence-corrected chi connectivity index (χ3v) is 6.48. The van der Waals surface area contributed by atoms with Crippen LogP contribution in [0.15, 0.2) is 0 Å². The second kappa shape index (κ2) is 9.71. The van der Waals surface area contributed by atoms with Gasteiger partial charge in [0.15, 0.2) is 5.37 Å². The van der Waals surface area contributed by atoms with Crippen molar-refractivity contribution in [1.82, 2.24) is 19.7 Å². The van der Waals surface area contributed by atoms with Gasteiger partial charge in [-0.3, -0.25) is 20.3 Å². The minimum absolute atomic E-state index is 0.0843. The van der Waals surface area contributed by atoms with E-state index in [1.807, 2.05) is 4.90 Å². The Labute approximate surface area is 164 Å². The summed E-state index contributed by atoms with van der Waals surface area (Å²) in [6, 6.07) is 2.28. The molecule has 3 aliphatic rings. The number of likely N-dealkylation sites (tertiary alicyclic amines) is 1. The van der Waals surface area contributed by atoms with Crippen LogP contribution < -0.4 is 5.84 Å². The van der Waals surface area contributed by atoms with Gasteiger partial charge in [0.2, 0.25) is 11.8 Å². The molecule has 1 atom stereocenters. The maximum Gasteiger partial charge on any atom is 0.239 e. The van der Waals surface area contributed by atoms with Gasteiger partial charge in [-0.2, -0.15) is 5.26 Å². The van der Waals surface area contributed by atoms with E-state index in [0.717, 1.165) is 31.7 Å². The maximum atomic E-state index is 12.4. The van der Waals surface area contributed by atoms with Crippen LogP contribution in [-0.2, 0) is 14.3 Å². The highest BCUT2D eigenvalue weighted by atomic mass is 32.2. The summed E-state index contributed by atoms with van der Waals surface area (Å²) in [7, 11) is 0. The zero-order chi connectivity index (χ0) is 19.2. The van der Waals surface area contributed by atoms with Gasteiger partial charge in [0.25, 0.3) is 0 Å². The van der Waals surface area contributed by atoms with Crippen LogP contribution in [0.1, 0.15) is 12.8 Å². The minimum Gasteiger partial charge on any atom is -0.378 e. The number of hydrogen-bond donors (Lipinski definition) is 1. The van der Waals surface area contributed by atoms with E-state index >= 15 is 0 Å². The highest BCUT2D eigenvalue weighted by Crippen LogP contribution is 2.23. The SMILES string of the molecule is N#CC1SCCN1C(=O)CN(N)C1CCN(CC(=O)N2CCOCC2)CC1. The monoisotopic (exact) mass is 396 g/mol. The van der Waals surface area contributed by atoms with Crippen LogP contribution in [0.3, 0.4) is 0 Å². The van der Waals surface area contributed by atoms with Crippen molar-refractivity contribution < 1.29 is 14.3 Å². The van der Waals surface area contributed by atoms with Gasteiger partial charge in [0.05, 0.1) is 32.4 Å². The maximum absolute atomic E-state index is 12.4. The first-order valence-corrected chi connectivity index (χ1v) is 10.5. The first kappa shape index (κ1) is 20.4. The van der Waals surface area contributed by atoms with Crippen LogP contribution in [0, 0.1) is 11.3 Å². The lowest BCUT2D eigenvalue weighted by Crippen LogP contribution is -2.53. The molecule has 9 nitrogen and oxygen atoms in total. The molecule has 0 radical (unpaired) electrons. The van der Waals surface area contributed by atoms with Gasteiger partial charge in [-0.05, 0) is 12.8 Å². The van der Waals surface area contributed by atoms with Crippen LogP contribution in [-0.4, -0.2) is 108 Å². The molecule has 2 N–H and O–H groups in total.